The maximum absolute atomic E-state index is 10.4. The first kappa shape index (κ1) is 24.0. The van der Waals surface area contributed by atoms with Crippen LogP contribution < -0.4 is 0 Å². The van der Waals surface area contributed by atoms with Gasteiger partial charge in [-0.3, -0.25) is 9.59 Å². The molecule has 131 valence electrons. The summed E-state index contributed by atoms with van der Waals surface area (Å²) in [6.45, 7) is 12.0. The summed E-state index contributed by atoms with van der Waals surface area (Å²) >= 11 is -2.05. The summed E-state index contributed by atoms with van der Waals surface area (Å²) in [6, 6.07) is 0. The fourth-order valence-corrected chi connectivity index (χ4v) is 3.22. The van der Waals surface area contributed by atoms with E-state index in [2.05, 4.69) is 25.5 Å². The van der Waals surface area contributed by atoms with Crippen LogP contribution in [0.25, 0.3) is 0 Å². The Balaban J connectivity index is 0. The number of Topliss-reactive ketones (excluding diaryl/α,β-unsaturated/α-hetero) is 1. The molecule has 0 amide bonds. The molecule has 0 rings (SSSR count). The van der Waals surface area contributed by atoms with Crippen molar-refractivity contribution >= 4 is 11.8 Å². The minimum Gasteiger partial charge on any atom is -0.466 e. The van der Waals surface area contributed by atoms with Crippen molar-refractivity contribution in [1.29, 1.82) is 0 Å². The van der Waals surface area contributed by atoms with Crippen molar-refractivity contribution < 1.29 is 43.3 Å². The van der Waals surface area contributed by atoms with Crippen LogP contribution in [0.4, 0.5) is 0 Å². The molecule has 0 aliphatic heterocycles. The standard InChI is InChI=1S/C6H10O3.3C3H7O.Ti/c1-3-9-6(8)4-5(2)7;3*1-2-3-4;/h3-4H2,1-2H3;3*2-3H2,1H3;/q;3*-1;+3. The van der Waals surface area contributed by atoms with Crippen LogP contribution in [-0.4, -0.2) is 38.2 Å². The van der Waals surface area contributed by atoms with E-state index in [0.29, 0.717) is 6.61 Å². The van der Waals surface area contributed by atoms with E-state index in [-0.39, 0.29) is 12.2 Å². The van der Waals surface area contributed by atoms with Gasteiger partial charge < -0.3 is 4.74 Å². The molecule has 0 aromatic carbocycles. The van der Waals surface area contributed by atoms with Crippen molar-refractivity contribution in [2.75, 3.05) is 26.4 Å². The SMILES string of the molecule is CCC[O][Ti]([O]CCC)[O]CCC.CCOC(=O)CC(C)=O. The molecule has 0 aromatic heterocycles. The van der Waals surface area contributed by atoms with Gasteiger partial charge in [0.2, 0.25) is 0 Å². The molecule has 0 spiro atoms. The topological polar surface area (TPSA) is 71.1 Å². The third-order valence-corrected chi connectivity index (χ3v) is 4.03. The zero-order chi connectivity index (χ0) is 17.2. The van der Waals surface area contributed by atoms with Crippen LogP contribution in [0, 0.1) is 0 Å². The van der Waals surface area contributed by atoms with Gasteiger partial charge in [-0.25, -0.2) is 0 Å². The molecule has 0 aromatic rings. The van der Waals surface area contributed by atoms with E-state index in [1.807, 2.05) is 0 Å². The Labute approximate surface area is 142 Å². The normalized spacial score (nSPS) is 9.68. The van der Waals surface area contributed by atoms with Crippen molar-refractivity contribution in [3.05, 3.63) is 0 Å². The van der Waals surface area contributed by atoms with Crippen LogP contribution >= 0.6 is 0 Å². The van der Waals surface area contributed by atoms with Gasteiger partial charge in [0.1, 0.15) is 12.2 Å². The van der Waals surface area contributed by atoms with Gasteiger partial charge in [0.15, 0.2) is 0 Å². The Bertz CT molecular complexity index is 254. The van der Waals surface area contributed by atoms with Crippen molar-refractivity contribution in [2.24, 2.45) is 0 Å². The van der Waals surface area contributed by atoms with Crippen molar-refractivity contribution in [2.45, 2.75) is 60.3 Å². The molecule has 7 heteroatoms. The number of carbonyl (C=O) groups excluding carboxylic acids is 2. The molecular formula is C15H31O6Ti. The molecule has 22 heavy (non-hydrogen) atoms. The summed E-state index contributed by atoms with van der Waals surface area (Å²) in [5, 5.41) is 0. The van der Waals surface area contributed by atoms with Gasteiger partial charge >= 0.3 is 94.8 Å². The molecule has 0 radical (unpaired) electrons. The van der Waals surface area contributed by atoms with Crippen LogP contribution in [0.3, 0.4) is 0 Å². The minimum absolute atomic E-state index is 0.103. The van der Waals surface area contributed by atoms with Crippen LogP contribution in [0.2, 0.25) is 0 Å². The summed E-state index contributed by atoms with van der Waals surface area (Å²) in [5.41, 5.74) is 0. The average molecular weight is 355 g/mol. The number of esters is 1. The smallest absolute Gasteiger partial charge is 0.313 e. The molecule has 0 saturated heterocycles. The molecule has 0 aliphatic carbocycles. The van der Waals surface area contributed by atoms with Gasteiger partial charge in [0.25, 0.3) is 0 Å². The third kappa shape index (κ3) is 19.7. The van der Waals surface area contributed by atoms with E-state index in [0.717, 1.165) is 39.1 Å². The van der Waals surface area contributed by atoms with Gasteiger partial charge in [-0.2, -0.15) is 0 Å². The second-order valence-corrected chi connectivity index (χ2v) is 6.61. The third-order valence-electron chi connectivity index (χ3n) is 1.97. The van der Waals surface area contributed by atoms with E-state index in [4.69, 9.17) is 9.96 Å². The van der Waals surface area contributed by atoms with E-state index in [9.17, 15) is 9.59 Å². The van der Waals surface area contributed by atoms with E-state index < -0.39 is 25.0 Å². The maximum atomic E-state index is 10.4. The number of ether oxygens (including phenoxy) is 1. The Hall–Kier alpha value is -0.266. The zero-order valence-corrected chi connectivity index (χ0v) is 16.2. The van der Waals surface area contributed by atoms with E-state index in [1.54, 1.807) is 6.92 Å². The summed E-state index contributed by atoms with van der Waals surface area (Å²) in [4.78, 5) is 20.6. The molecule has 0 aliphatic rings. The predicted octanol–water partition coefficient (Wildman–Crippen LogP) is 3.16. The molecule has 0 heterocycles. The minimum atomic E-state index is -2.05. The first-order valence-corrected chi connectivity index (χ1v) is 9.83. The summed E-state index contributed by atoms with van der Waals surface area (Å²) in [5.74, 6) is -0.599. The number of rotatable bonds is 12. The molecule has 0 N–H and O–H groups in total. The van der Waals surface area contributed by atoms with Crippen LogP contribution in [-0.2, 0) is 43.3 Å². The molecule has 0 atom stereocenters. The van der Waals surface area contributed by atoms with Crippen molar-refractivity contribution in [3.8, 4) is 0 Å². The first-order chi connectivity index (χ1) is 10.5. The molecule has 0 bridgehead atoms. The molecular weight excluding hydrogens is 324 g/mol. The predicted molar refractivity (Wildman–Crippen MR) is 80.7 cm³/mol. The number of hydrogen-bond acceptors (Lipinski definition) is 6. The van der Waals surface area contributed by atoms with E-state index in [1.165, 1.54) is 6.92 Å². The zero-order valence-electron chi connectivity index (χ0n) is 14.6. The fourth-order valence-electron chi connectivity index (χ4n) is 1.10. The number of carbonyl (C=O) groups is 2. The second-order valence-electron chi connectivity index (χ2n) is 4.48. The first-order valence-electron chi connectivity index (χ1n) is 7.91. The molecule has 6 nitrogen and oxygen atoms in total. The fraction of sp³-hybridized carbons (Fsp3) is 0.867. The summed E-state index contributed by atoms with van der Waals surface area (Å²) in [6.07, 6.45) is 2.98. The Morgan fingerprint density at radius 3 is 1.50 bits per heavy atom. The van der Waals surface area contributed by atoms with Crippen molar-refractivity contribution in [1.82, 2.24) is 0 Å². The Kier molecular flexibility index (Phi) is 20.5. The van der Waals surface area contributed by atoms with Gasteiger partial charge in [0.05, 0.1) is 6.61 Å². The Morgan fingerprint density at radius 2 is 1.23 bits per heavy atom. The molecule has 0 saturated carbocycles. The second kappa shape index (κ2) is 18.8. The summed E-state index contributed by atoms with van der Waals surface area (Å²) < 4.78 is 21.0. The largest absolute Gasteiger partial charge is 0.466 e. The molecule has 0 fully saturated rings. The maximum Gasteiger partial charge on any atom is 0.313 e. The van der Waals surface area contributed by atoms with Gasteiger partial charge in [-0.05, 0) is 13.8 Å². The van der Waals surface area contributed by atoms with Gasteiger partial charge in [0, 0.05) is 0 Å². The van der Waals surface area contributed by atoms with Crippen LogP contribution in [0.15, 0.2) is 0 Å². The van der Waals surface area contributed by atoms with E-state index >= 15 is 0 Å². The van der Waals surface area contributed by atoms with Crippen molar-refractivity contribution in [3.63, 3.8) is 0 Å². The van der Waals surface area contributed by atoms with Gasteiger partial charge in [-0.15, -0.1) is 0 Å². The van der Waals surface area contributed by atoms with Crippen LogP contribution in [0.1, 0.15) is 60.3 Å². The number of hydrogen-bond donors (Lipinski definition) is 0. The quantitative estimate of drug-likeness (QED) is 0.304. The monoisotopic (exact) mass is 355 g/mol. The van der Waals surface area contributed by atoms with Gasteiger partial charge in [-0.1, -0.05) is 0 Å². The van der Waals surface area contributed by atoms with Crippen LogP contribution in [0.5, 0.6) is 0 Å². The summed E-state index contributed by atoms with van der Waals surface area (Å²) in [7, 11) is 0. The Morgan fingerprint density at radius 1 is 0.818 bits per heavy atom. The average Bonchev–Trinajstić information content (AvgIpc) is 2.46. The number of ketones is 1. The molecule has 0 unspecified atom stereocenters.